The normalized spacial score (nSPS) is 22.8. The average Bonchev–Trinajstić information content (AvgIpc) is 2.55. The first-order valence-electron chi connectivity index (χ1n) is 9.41. The molecule has 0 aromatic rings. The fourth-order valence-electron chi connectivity index (χ4n) is 2.88. The van der Waals surface area contributed by atoms with Crippen molar-refractivity contribution in [1.29, 1.82) is 0 Å². The van der Waals surface area contributed by atoms with Gasteiger partial charge in [-0.25, -0.2) is 0 Å². The van der Waals surface area contributed by atoms with E-state index in [4.69, 9.17) is 9.47 Å². The van der Waals surface area contributed by atoms with Crippen molar-refractivity contribution in [3.05, 3.63) is 24.3 Å². The topological polar surface area (TPSA) is 18.5 Å². The van der Waals surface area contributed by atoms with Crippen molar-refractivity contribution in [2.75, 3.05) is 13.2 Å². The van der Waals surface area contributed by atoms with Crippen LogP contribution in [0.25, 0.3) is 0 Å². The summed E-state index contributed by atoms with van der Waals surface area (Å²) in [6, 6.07) is 0. The summed E-state index contributed by atoms with van der Waals surface area (Å²) >= 11 is 0. The highest BCUT2D eigenvalue weighted by Crippen LogP contribution is 2.24. The molecule has 0 N–H and O–H groups in total. The summed E-state index contributed by atoms with van der Waals surface area (Å²) in [7, 11) is 0. The van der Waals surface area contributed by atoms with Gasteiger partial charge < -0.3 is 9.47 Å². The van der Waals surface area contributed by atoms with Crippen LogP contribution in [-0.4, -0.2) is 25.4 Å². The van der Waals surface area contributed by atoms with E-state index >= 15 is 0 Å². The van der Waals surface area contributed by atoms with Gasteiger partial charge in [0.2, 0.25) is 0 Å². The van der Waals surface area contributed by atoms with Crippen LogP contribution < -0.4 is 0 Å². The highest BCUT2D eigenvalue weighted by atomic mass is 16.5. The second-order valence-corrected chi connectivity index (χ2v) is 6.15. The Kier molecular flexibility index (Phi) is 12.4. The molecule has 0 aromatic carbocycles. The Labute approximate surface area is 138 Å². The SMILES string of the molecule is CC/C=C/CCCOC1CCCCC1OCCC/C=C/CC. The van der Waals surface area contributed by atoms with E-state index < -0.39 is 0 Å². The molecule has 0 aliphatic heterocycles. The van der Waals surface area contributed by atoms with E-state index in [-0.39, 0.29) is 0 Å². The van der Waals surface area contributed by atoms with Crippen LogP contribution in [0.5, 0.6) is 0 Å². The number of unbranched alkanes of at least 4 members (excludes halogenated alkanes) is 2. The third-order valence-corrected chi connectivity index (χ3v) is 4.14. The smallest absolute Gasteiger partial charge is 0.0836 e. The Bertz CT molecular complexity index is 266. The number of allylic oxidation sites excluding steroid dienone is 4. The van der Waals surface area contributed by atoms with Gasteiger partial charge in [0.15, 0.2) is 0 Å². The molecule has 0 heterocycles. The molecule has 1 rings (SSSR count). The van der Waals surface area contributed by atoms with Gasteiger partial charge in [0.25, 0.3) is 0 Å². The van der Waals surface area contributed by atoms with E-state index in [9.17, 15) is 0 Å². The number of ether oxygens (including phenoxy) is 2. The molecule has 1 aliphatic carbocycles. The predicted octanol–water partition coefficient (Wildman–Crippen LogP) is 5.82. The van der Waals surface area contributed by atoms with Gasteiger partial charge in [-0.2, -0.15) is 0 Å². The quantitative estimate of drug-likeness (QED) is 0.334. The zero-order valence-corrected chi connectivity index (χ0v) is 14.8. The molecule has 2 atom stereocenters. The zero-order chi connectivity index (χ0) is 15.9. The predicted molar refractivity (Wildman–Crippen MR) is 95.3 cm³/mol. The minimum Gasteiger partial charge on any atom is -0.376 e. The lowest BCUT2D eigenvalue weighted by Gasteiger charge is -2.31. The molecule has 1 aliphatic rings. The zero-order valence-electron chi connectivity index (χ0n) is 14.8. The number of rotatable bonds is 12. The van der Waals surface area contributed by atoms with Gasteiger partial charge in [0.05, 0.1) is 12.2 Å². The minimum absolute atomic E-state index is 0.329. The first-order valence-corrected chi connectivity index (χ1v) is 9.41. The molecule has 2 unspecified atom stereocenters. The molecule has 0 aromatic heterocycles. The van der Waals surface area contributed by atoms with Crippen LogP contribution >= 0.6 is 0 Å². The van der Waals surface area contributed by atoms with E-state index in [0.717, 1.165) is 51.7 Å². The Morgan fingerprint density at radius 3 is 1.59 bits per heavy atom. The fourth-order valence-corrected chi connectivity index (χ4v) is 2.88. The summed E-state index contributed by atoms with van der Waals surface area (Å²) in [5.41, 5.74) is 0. The van der Waals surface area contributed by atoms with E-state index in [1.54, 1.807) is 0 Å². The van der Waals surface area contributed by atoms with Crippen LogP contribution in [0, 0.1) is 0 Å². The first kappa shape index (κ1) is 19.4. The van der Waals surface area contributed by atoms with Crippen LogP contribution in [0.4, 0.5) is 0 Å². The van der Waals surface area contributed by atoms with Gasteiger partial charge in [0, 0.05) is 13.2 Å². The van der Waals surface area contributed by atoms with E-state index in [1.165, 1.54) is 25.7 Å². The molecule has 128 valence electrons. The van der Waals surface area contributed by atoms with Crippen molar-refractivity contribution >= 4 is 0 Å². The van der Waals surface area contributed by atoms with Crippen molar-refractivity contribution in [3.63, 3.8) is 0 Å². The fraction of sp³-hybridized carbons (Fsp3) is 0.800. The molecule has 2 heteroatoms. The lowest BCUT2D eigenvalue weighted by atomic mass is 9.94. The lowest BCUT2D eigenvalue weighted by Crippen LogP contribution is -2.35. The third-order valence-electron chi connectivity index (χ3n) is 4.14. The molecule has 1 fully saturated rings. The van der Waals surface area contributed by atoms with Crippen LogP contribution in [-0.2, 0) is 9.47 Å². The molecule has 0 bridgehead atoms. The van der Waals surface area contributed by atoms with Crippen LogP contribution in [0.15, 0.2) is 24.3 Å². The standard InChI is InChI=1S/C20H36O2/c1-3-5-7-9-13-17-21-19-15-11-12-16-20(19)22-18-14-10-8-6-4-2/h5-8,19-20H,3-4,9-18H2,1-2H3/b7-5+,8-6+. The second-order valence-electron chi connectivity index (χ2n) is 6.15. The summed E-state index contributed by atoms with van der Waals surface area (Å²) in [4.78, 5) is 0. The monoisotopic (exact) mass is 308 g/mol. The van der Waals surface area contributed by atoms with Gasteiger partial charge in [-0.05, 0) is 51.4 Å². The number of hydrogen-bond acceptors (Lipinski definition) is 2. The van der Waals surface area contributed by atoms with Crippen LogP contribution in [0.1, 0.15) is 78.1 Å². The maximum absolute atomic E-state index is 6.10. The summed E-state index contributed by atoms with van der Waals surface area (Å²) < 4.78 is 12.2. The summed E-state index contributed by atoms with van der Waals surface area (Å²) in [5.74, 6) is 0. The number of hydrogen-bond donors (Lipinski definition) is 0. The third kappa shape index (κ3) is 9.42. The maximum Gasteiger partial charge on any atom is 0.0836 e. The van der Waals surface area contributed by atoms with E-state index in [1.807, 2.05) is 0 Å². The highest BCUT2D eigenvalue weighted by molar-refractivity contribution is 4.81. The summed E-state index contributed by atoms with van der Waals surface area (Å²) in [6.07, 6.45) is 21.4. The Morgan fingerprint density at radius 2 is 1.18 bits per heavy atom. The molecule has 2 nitrogen and oxygen atoms in total. The highest BCUT2D eigenvalue weighted by Gasteiger charge is 2.26. The Hall–Kier alpha value is -0.600. The van der Waals surface area contributed by atoms with Crippen molar-refractivity contribution in [2.24, 2.45) is 0 Å². The van der Waals surface area contributed by atoms with Gasteiger partial charge in [-0.3, -0.25) is 0 Å². The van der Waals surface area contributed by atoms with Crippen molar-refractivity contribution < 1.29 is 9.47 Å². The lowest BCUT2D eigenvalue weighted by molar-refractivity contribution is -0.0927. The molecular weight excluding hydrogens is 272 g/mol. The maximum atomic E-state index is 6.10. The summed E-state index contributed by atoms with van der Waals surface area (Å²) in [6.45, 7) is 6.10. The van der Waals surface area contributed by atoms with Crippen molar-refractivity contribution in [3.8, 4) is 0 Å². The largest absolute Gasteiger partial charge is 0.376 e. The molecule has 22 heavy (non-hydrogen) atoms. The van der Waals surface area contributed by atoms with Gasteiger partial charge in [-0.15, -0.1) is 0 Å². The molecule has 0 spiro atoms. The molecule has 0 amide bonds. The Morgan fingerprint density at radius 1 is 0.727 bits per heavy atom. The van der Waals surface area contributed by atoms with Gasteiger partial charge in [0.1, 0.15) is 0 Å². The first-order chi connectivity index (χ1) is 10.9. The molecule has 1 saturated carbocycles. The summed E-state index contributed by atoms with van der Waals surface area (Å²) in [5, 5.41) is 0. The van der Waals surface area contributed by atoms with E-state index in [2.05, 4.69) is 38.2 Å². The van der Waals surface area contributed by atoms with Crippen molar-refractivity contribution in [2.45, 2.75) is 90.3 Å². The van der Waals surface area contributed by atoms with E-state index in [0.29, 0.717) is 12.2 Å². The molecule has 0 saturated heterocycles. The second kappa shape index (κ2) is 14.0. The molecular formula is C20H36O2. The molecule has 0 radical (unpaired) electrons. The van der Waals surface area contributed by atoms with Gasteiger partial charge in [-0.1, -0.05) is 51.0 Å². The average molecular weight is 309 g/mol. The van der Waals surface area contributed by atoms with Crippen molar-refractivity contribution in [1.82, 2.24) is 0 Å². The van der Waals surface area contributed by atoms with Crippen LogP contribution in [0.2, 0.25) is 0 Å². The van der Waals surface area contributed by atoms with Gasteiger partial charge >= 0.3 is 0 Å². The minimum atomic E-state index is 0.329. The Balaban J connectivity index is 2.13. The van der Waals surface area contributed by atoms with Crippen LogP contribution in [0.3, 0.4) is 0 Å².